The molecule has 2 rings (SSSR count). The lowest BCUT2D eigenvalue weighted by Crippen LogP contribution is -2.20. The predicted octanol–water partition coefficient (Wildman–Crippen LogP) is 3.43. The van der Waals surface area contributed by atoms with Gasteiger partial charge in [0.05, 0.1) is 10.6 Å². The minimum Gasteiger partial charge on any atom is -0.200 e. The molecule has 0 heterocycles. The molecule has 0 amide bonds. The van der Waals surface area contributed by atoms with Crippen molar-refractivity contribution in [3.8, 4) is 0 Å². The Morgan fingerprint density at radius 2 is 1.86 bits per heavy atom. The Bertz CT molecular complexity index is 743. The standard InChI is InChI=1S/C15H15ClN2O2S/c1-2-15(12-7-6-8-13(16)11-12)17-18-21(19,20)14-9-4-3-5-10-14/h3-11,18H,2H2,1H3. The minimum atomic E-state index is -3.65. The third-order valence-corrected chi connectivity index (χ3v) is 4.31. The van der Waals surface area contributed by atoms with Gasteiger partial charge in [0, 0.05) is 5.02 Å². The van der Waals surface area contributed by atoms with Gasteiger partial charge in [-0.15, -0.1) is 0 Å². The average molecular weight is 323 g/mol. The second kappa shape index (κ2) is 6.74. The lowest BCUT2D eigenvalue weighted by Gasteiger charge is -2.07. The van der Waals surface area contributed by atoms with Crippen molar-refractivity contribution >= 4 is 27.3 Å². The van der Waals surface area contributed by atoms with Gasteiger partial charge in [0.15, 0.2) is 0 Å². The average Bonchev–Trinajstić information content (AvgIpc) is 2.49. The van der Waals surface area contributed by atoms with E-state index in [4.69, 9.17) is 11.6 Å². The summed E-state index contributed by atoms with van der Waals surface area (Å²) < 4.78 is 24.2. The number of hydrogen-bond donors (Lipinski definition) is 1. The molecule has 2 aromatic rings. The predicted molar refractivity (Wildman–Crippen MR) is 85.0 cm³/mol. The van der Waals surface area contributed by atoms with E-state index in [1.165, 1.54) is 12.1 Å². The first kappa shape index (κ1) is 15.5. The Morgan fingerprint density at radius 3 is 2.48 bits per heavy atom. The summed E-state index contributed by atoms with van der Waals surface area (Å²) in [6.07, 6.45) is 0.581. The van der Waals surface area contributed by atoms with E-state index in [0.717, 1.165) is 5.56 Å². The van der Waals surface area contributed by atoms with E-state index >= 15 is 0 Å². The van der Waals surface area contributed by atoms with Gasteiger partial charge < -0.3 is 0 Å². The van der Waals surface area contributed by atoms with Crippen molar-refractivity contribution in [2.45, 2.75) is 18.2 Å². The third kappa shape index (κ3) is 4.06. The summed E-state index contributed by atoms with van der Waals surface area (Å²) >= 11 is 5.94. The van der Waals surface area contributed by atoms with Gasteiger partial charge in [-0.3, -0.25) is 0 Å². The summed E-state index contributed by atoms with van der Waals surface area (Å²) in [5, 5.41) is 4.60. The topological polar surface area (TPSA) is 58.5 Å². The fourth-order valence-corrected chi connectivity index (χ4v) is 2.82. The zero-order valence-electron chi connectivity index (χ0n) is 11.5. The Kier molecular flexibility index (Phi) is 4.98. The summed E-state index contributed by atoms with van der Waals surface area (Å²) in [7, 11) is -3.65. The van der Waals surface area contributed by atoms with E-state index in [9.17, 15) is 8.42 Å². The molecule has 0 fully saturated rings. The van der Waals surface area contributed by atoms with Crippen LogP contribution in [0.15, 0.2) is 64.6 Å². The molecule has 0 saturated heterocycles. The second-order valence-electron chi connectivity index (χ2n) is 4.33. The van der Waals surface area contributed by atoms with Crippen LogP contribution in [0.25, 0.3) is 0 Å². The highest BCUT2D eigenvalue weighted by molar-refractivity contribution is 7.89. The van der Waals surface area contributed by atoms with E-state index in [1.807, 2.05) is 13.0 Å². The largest absolute Gasteiger partial charge is 0.276 e. The molecule has 0 unspecified atom stereocenters. The second-order valence-corrected chi connectivity index (χ2v) is 6.43. The van der Waals surface area contributed by atoms with Crippen LogP contribution in [0.2, 0.25) is 5.02 Å². The van der Waals surface area contributed by atoms with Crippen LogP contribution in [0.4, 0.5) is 0 Å². The van der Waals surface area contributed by atoms with Crippen LogP contribution in [0, 0.1) is 0 Å². The highest BCUT2D eigenvalue weighted by Gasteiger charge is 2.12. The van der Waals surface area contributed by atoms with Crippen LogP contribution in [-0.2, 0) is 10.0 Å². The molecule has 1 N–H and O–H groups in total. The maximum absolute atomic E-state index is 12.1. The Balaban J connectivity index is 2.26. The molecule has 0 aliphatic heterocycles. The fourth-order valence-electron chi connectivity index (χ4n) is 1.78. The van der Waals surface area contributed by atoms with Gasteiger partial charge in [-0.05, 0) is 36.2 Å². The molecular formula is C15H15ClN2O2S. The zero-order valence-corrected chi connectivity index (χ0v) is 13.0. The molecule has 0 spiro atoms. The molecule has 0 aliphatic rings. The van der Waals surface area contributed by atoms with Crippen molar-refractivity contribution in [2.24, 2.45) is 5.10 Å². The first-order chi connectivity index (χ1) is 10.0. The van der Waals surface area contributed by atoms with Crippen molar-refractivity contribution < 1.29 is 8.42 Å². The van der Waals surface area contributed by atoms with Crippen LogP contribution in [-0.4, -0.2) is 14.1 Å². The quantitative estimate of drug-likeness (QED) is 0.677. The number of hydrazone groups is 1. The molecule has 0 saturated carbocycles. The maximum Gasteiger partial charge on any atom is 0.276 e. The number of rotatable bonds is 5. The Hall–Kier alpha value is -1.85. The van der Waals surface area contributed by atoms with Gasteiger partial charge in [-0.25, -0.2) is 0 Å². The van der Waals surface area contributed by atoms with Gasteiger partial charge in [0.2, 0.25) is 0 Å². The third-order valence-electron chi connectivity index (χ3n) is 2.85. The number of halogens is 1. The highest BCUT2D eigenvalue weighted by atomic mass is 35.5. The number of nitrogens with one attached hydrogen (secondary N) is 1. The molecule has 0 bridgehead atoms. The molecular weight excluding hydrogens is 308 g/mol. The van der Waals surface area contributed by atoms with Crippen molar-refractivity contribution in [2.75, 3.05) is 0 Å². The van der Waals surface area contributed by atoms with Crippen molar-refractivity contribution in [1.29, 1.82) is 0 Å². The molecule has 0 aliphatic carbocycles. The normalized spacial score (nSPS) is 12.2. The van der Waals surface area contributed by atoms with Gasteiger partial charge in [0.25, 0.3) is 10.0 Å². The molecule has 0 atom stereocenters. The molecule has 110 valence electrons. The van der Waals surface area contributed by atoms with Crippen molar-refractivity contribution in [3.05, 3.63) is 65.2 Å². The van der Waals surface area contributed by atoms with E-state index < -0.39 is 10.0 Å². The van der Waals surface area contributed by atoms with Gasteiger partial charge in [-0.1, -0.05) is 48.9 Å². The summed E-state index contributed by atoms with van der Waals surface area (Å²) in [5.41, 5.74) is 1.41. The molecule has 6 heteroatoms. The molecule has 4 nitrogen and oxygen atoms in total. The zero-order chi connectivity index (χ0) is 15.3. The van der Waals surface area contributed by atoms with Crippen LogP contribution < -0.4 is 4.83 Å². The number of benzene rings is 2. The number of sulfonamides is 1. The molecule has 0 aromatic heterocycles. The first-order valence-corrected chi connectivity index (χ1v) is 8.28. The summed E-state index contributed by atoms with van der Waals surface area (Å²) in [6, 6.07) is 15.3. The van der Waals surface area contributed by atoms with Crippen LogP contribution >= 0.6 is 11.6 Å². The van der Waals surface area contributed by atoms with Crippen LogP contribution in [0.5, 0.6) is 0 Å². The Morgan fingerprint density at radius 1 is 1.14 bits per heavy atom. The Labute approximate surface area is 129 Å². The maximum atomic E-state index is 12.1. The van der Waals surface area contributed by atoms with Crippen molar-refractivity contribution in [1.82, 2.24) is 4.83 Å². The van der Waals surface area contributed by atoms with Gasteiger partial charge in [0.1, 0.15) is 0 Å². The van der Waals surface area contributed by atoms with Crippen molar-refractivity contribution in [3.63, 3.8) is 0 Å². The summed E-state index contributed by atoms with van der Waals surface area (Å²) in [5.74, 6) is 0. The smallest absolute Gasteiger partial charge is 0.200 e. The SMILES string of the molecule is CCC(=NNS(=O)(=O)c1ccccc1)c1cccc(Cl)c1. The monoisotopic (exact) mass is 322 g/mol. The first-order valence-electron chi connectivity index (χ1n) is 6.42. The fraction of sp³-hybridized carbons (Fsp3) is 0.133. The van der Waals surface area contributed by atoms with Crippen LogP contribution in [0.3, 0.4) is 0 Å². The molecule has 21 heavy (non-hydrogen) atoms. The summed E-state index contributed by atoms with van der Waals surface area (Å²) in [6.45, 7) is 1.90. The minimum absolute atomic E-state index is 0.176. The summed E-state index contributed by atoms with van der Waals surface area (Å²) in [4.78, 5) is 2.44. The van der Waals surface area contributed by atoms with E-state index in [2.05, 4.69) is 9.93 Å². The molecule has 0 radical (unpaired) electrons. The van der Waals surface area contributed by atoms with Gasteiger partial charge >= 0.3 is 0 Å². The lowest BCUT2D eigenvalue weighted by molar-refractivity contribution is 0.584. The molecule has 2 aromatic carbocycles. The lowest BCUT2D eigenvalue weighted by atomic mass is 10.1. The van der Waals surface area contributed by atoms with E-state index in [1.54, 1.807) is 36.4 Å². The van der Waals surface area contributed by atoms with Gasteiger partial charge in [-0.2, -0.15) is 18.4 Å². The number of hydrogen-bond acceptors (Lipinski definition) is 3. The van der Waals surface area contributed by atoms with E-state index in [0.29, 0.717) is 17.2 Å². The number of nitrogens with zero attached hydrogens (tertiary/aromatic N) is 1. The highest BCUT2D eigenvalue weighted by Crippen LogP contribution is 2.13. The van der Waals surface area contributed by atoms with Crippen LogP contribution in [0.1, 0.15) is 18.9 Å². The van der Waals surface area contributed by atoms with E-state index in [-0.39, 0.29) is 4.90 Å².